The van der Waals surface area contributed by atoms with Crippen molar-refractivity contribution >= 4 is 17.7 Å². The number of carbonyl (C=O) groups is 2. The zero-order valence-corrected chi connectivity index (χ0v) is 15.8. The summed E-state index contributed by atoms with van der Waals surface area (Å²) in [5, 5.41) is 10.2. The quantitative estimate of drug-likeness (QED) is 0.755. The second-order valence-electron chi connectivity index (χ2n) is 6.72. The highest BCUT2D eigenvalue weighted by Gasteiger charge is 2.26. The summed E-state index contributed by atoms with van der Waals surface area (Å²) >= 11 is 0. The molecular formula is C19H27N5O3. The molecule has 4 N–H and O–H groups in total. The fraction of sp³-hybridized carbons (Fsp3) is 0.474. The van der Waals surface area contributed by atoms with E-state index < -0.39 is 5.97 Å². The van der Waals surface area contributed by atoms with E-state index in [1.54, 1.807) is 13.2 Å². The van der Waals surface area contributed by atoms with Crippen molar-refractivity contribution in [2.45, 2.75) is 39.2 Å². The van der Waals surface area contributed by atoms with Gasteiger partial charge in [-0.1, -0.05) is 0 Å². The minimum Gasteiger partial charge on any atom is -0.481 e. The maximum absolute atomic E-state index is 11.7. The number of rotatable bonds is 4. The molecular weight excluding hydrogens is 346 g/mol. The van der Waals surface area contributed by atoms with Crippen LogP contribution in [0.15, 0.2) is 30.7 Å². The van der Waals surface area contributed by atoms with Gasteiger partial charge < -0.3 is 20.7 Å². The Morgan fingerprint density at radius 3 is 2.52 bits per heavy atom. The van der Waals surface area contributed by atoms with Crippen LogP contribution in [0.4, 0.5) is 5.82 Å². The van der Waals surface area contributed by atoms with E-state index in [2.05, 4.69) is 19.9 Å². The molecule has 2 aromatic rings. The Bertz CT molecular complexity index is 762. The number of nitrogens with two attached hydrogens (primary N) is 1. The number of pyridine rings is 1. The van der Waals surface area contributed by atoms with Crippen molar-refractivity contribution in [1.82, 2.24) is 19.9 Å². The molecule has 1 saturated carbocycles. The summed E-state index contributed by atoms with van der Waals surface area (Å²) in [5.74, 6) is 1.54. The molecule has 0 unspecified atom stereocenters. The monoisotopic (exact) mass is 373 g/mol. The van der Waals surface area contributed by atoms with Crippen molar-refractivity contribution in [2.75, 3.05) is 12.8 Å². The molecule has 0 radical (unpaired) electrons. The minimum atomic E-state index is -0.833. The Hall–Kier alpha value is -2.90. The van der Waals surface area contributed by atoms with Crippen LogP contribution in [0.1, 0.15) is 32.6 Å². The van der Waals surface area contributed by atoms with Crippen molar-refractivity contribution in [3.05, 3.63) is 30.7 Å². The Labute approximate surface area is 158 Å². The third-order valence-electron chi connectivity index (χ3n) is 4.67. The van der Waals surface area contributed by atoms with Crippen molar-refractivity contribution in [1.29, 1.82) is 0 Å². The van der Waals surface area contributed by atoms with E-state index in [0.717, 1.165) is 50.5 Å². The van der Waals surface area contributed by atoms with E-state index in [9.17, 15) is 4.79 Å². The Morgan fingerprint density at radius 2 is 1.93 bits per heavy atom. The topological polar surface area (TPSA) is 123 Å². The van der Waals surface area contributed by atoms with E-state index in [1.807, 2.05) is 24.5 Å². The third kappa shape index (κ3) is 6.09. The van der Waals surface area contributed by atoms with E-state index in [-0.39, 0.29) is 11.8 Å². The van der Waals surface area contributed by atoms with Crippen molar-refractivity contribution < 1.29 is 14.7 Å². The van der Waals surface area contributed by atoms with Gasteiger partial charge in [-0.05, 0) is 43.7 Å². The molecule has 3 rings (SSSR count). The van der Waals surface area contributed by atoms with Gasteiger partial charge in [0.15, 0.2) is 0 Å². The van der Waals surface area contributed by atoms with Gasteiger partial charge in [0.05, 0.1) is 0 Å². The summed E-state index contributed by atoms with van der Waals surface area (Å²) in [7, 11) is 1.71. The normalized spacial score (nSPS) is 18.9. The molecule has 0 spiro atoms. The SMILES string of the molecule is CC(=O)O.CNC(=O)C1CCC(Cn2ccnc2-c2ccnc(N)c2)CC1. The summed E-state index contributed by atoms with van der Waals surface area (Å²) in [4.78, 5) is 29.2. The summed E-state index contributed by atoms with van der Waals surface area (Å²) in [6.45, 7) is 2.01. The van der Waals surface area contributed by atoms with E-state index in [0.29, 0.717) is 11.7 Å². The van der Waals surface area contributed by atoms with Gasteiger partial charge in [-0.2, -0.15) is 0 Å². The van der Waals surface area contributed by atoms with Crippen LogP contribution in [0.25, 0.3) is 11.4 Å². The first kappa shape index (κ1) is 20.4. The number of nitrogen functional groups attached to an aromatic ring is 1. The van der Waals surface area contributed by atoms with Gasteiger partial charge in [0.2, 0.25) is 5.91 Å². The van der Waals surface area contributed by atoms with Crippen LogP contribution < -0.4 is 11.1 Å². The minimum absolute atomic E-state index is 0.179. The maximum atomic E-state index is 11.7. The number of amides is 1. The number of aromatic nitrogens is 3. The number of anilines is 1. The van der Waals surface area contributed by atoms with Crippen molar-refractivity contribution in [3.8, 4) is 11.4 Å². The molecule has 27 heavy (non-hydrogen) atoms. The highest BCUT2D eigenvalue weighted by Crippen LogP contribution is 2.31. The number of imidazole rings is 1. The zero-order valence-electron chi connectivity index (χ0n) is 15.8. The number of hydrogen-bond donors (Lipinski definition) is 3. The fourth-order valence-corrected chi connectivity index (χ4v) is 3.39. The predicted octanol–water partition coefficient (Wildman–Crippen LogP) is 2.17. The highest BCUT2D eigenvalue weighted by atomic mass is 16.4. The van der Waals surface area contributed by atoms with Gasteiger partial charge in [-0.3, -0.25) is 9.59 Å². The first-order valence-corrected chi connectivity index (χ1v) is 9.04. The van der Waals surface area contributed by atoms with Gasteiger partial charge in [-0.25, -0.2) is 9.97 Å². The number of carboxylic acid groups (broad SMARTS) is 1. The molecule has 2 heterocycles. The Balaban J connectivity index is 0.000000596. The Kier molecular flexibility index (Phi) is 7.34. The standard InChI is InChI=1S/C17H23N5O.C2H4O2/c1-19-17(23)13-4-2-12(3-5-13)11-22-9-8-21-16(22)14-6-7-20-15(18)10-14;1-2(3)4/h6-10,12-13H,2-5,11H2,1H3,(H2,18,20)(H,19,23);1H3,(H,3,4). The second kappa shape index (κ2) is 9.70. The second-order valence-corrected chi connectivity index (χ2v) is 6.72. The Morgan fingerprint density at radius 1 is 1.26 bits per heavy atom. The van der Waals surface area contributed by atoms with Crippen molar-refractivity contribution in [2.24, 2.45) is 11.8 Å². The van der Waals surface area contributed by atoms with Crippen LogP contribution in [0.2, 0.25) is 0 Å². The van der Waals surface area contributed by atoms with Crippen LogP contribution >= 0.6 is 0 Å². The van der Waals surface area contributed by atoms with Gasteiger partial charge in [0.25, 0.3) is 5.97 Å². The highest BCUT2D eigenvalue weighted by molar-refractivity contribution is 5.78. The van der Waals surface area contributed by atoms with Gasteiger partial charge in [0.1, 0.15) is 11.6 Å². The lowest BCUT2D eigenvalue weighted by molar-refractivity contribution is -0.134. The molecule has 0 aromatic carbocycles. The number of aliphatic carboxylic acids is 1. The summed E-state index contributed by atoms with van der Waals surface area (Å²) in [6.07, 6.45) is 9.63. The van der Waals surface area contributed by atoms with Gasteiger partial charge >= 0.3 is 0 Å². The molecule has 146 valence electrons. The van der Waals surface area contributed by atoms with Crippen LogP contribution in [0.3, 0.4) is 0 Å². The fourth-order valence-electron chi connectivity index (χ4n) is 3.39. The average Bonchev–Trinajstić information content (AvgIpc) is 3.09. The molecule has 1 aliphatic carbocycles. The number of carboxylic acids is 1. The van der Waals surface area contributed by atoms with Crippen LogP contribution in [0, 0.1) is 11.8 Å². The maximum Gasteiger partial charge on any atom is 0.300 e. The summed E-state index contributed by atoms with van der Waals surface area (Å²) in [5.41, 5.74) is 6.76. The van der Waals surface area contributed by atoms with Crippen LogP contribution in [-0.4, -0.2) is 38.6 Å². The lowest BCUT2D eigenvalue weighted by Crippen LogP contribution is -2.31. The first-order valence-electron chi connectivity index (χ1n) is 9.04. The van der Waals surface area contributed by atoms with Crippen LogP contribution in [-0.2, 0) is 16.1 Å². The molecule has 1 fully saturated rings. The summed E-state index contributed by atoms with van der Waals surface area (Å²) < 4.78 is 2.18. The van der Waals surface area contributed by atoms with E-state index in [1.165, 1.54) is 0 Å². The third-order valence-corrected chi connectivity index (χ3v) is 4.67. The zero-order chi connectivity index (χ0) is 19.8. The van der Waals surface area contributed by atoms with E-state index in [4.69, 9.17) is 15.6 Å². The average molecular weight is 373 g/mol. The molecule has 1 aliphatic rings. The predicted molar refractivity (Wildman–Crippen MR) is 103 cm³/mol. The largest absolute Gasteiger partial charge is 0.481 e. The molecule has 1 amide bonds. The number of hydrogen-bond acceptors (Lipinski definition) is 5. The van der Waals surface area contributed by atoms with Gasteiger partial charge in [0, 0.05) is 50.6 Å². The number of nitrogens with one attached hydrogen (secondary N) is 1. The number of nitrogens with zero attached hydrogens (tertiary/aromatic N) is 3. The van der Waals surface area contributed by atoms with Crippen LogP contribution in [0.5, 0.6) is 0 Å². The number of carbonyl (C=O) groups excluding carboxylic acids is 1. The molecule has 2 aromatic heterocycles. The van der Waals surface area contributed by atoms with Crippen molar-refractivity contribution in [3.63, 3.8) is 0 Å². The van der Waals surface area contributed by atoms with E-state index >= 15 is 0 Å². The molecule has 0 bridgehead atoms. The molecule has 8 heteroatoms. The smallest absolute Gasteiger partial charge is 0.300 e. The molecule has 0 atom stereocenters. The molecule has 0 aliphatic heterocycles. The molecule has 8 nitrogen and oxygen atoms in total. The van der Waals surface area contributed by atoms with Gasteiger partial charge in [-0.15, -0.1) is 0 Å². The lowest BCUT2D eigenvalue weighted by Gasteiger charge is -2.28. The first-order chi connectivity index (χ1) is 12.9. The summed E-state index contributed by atoms with van der Waals surface area (Å²) in [6, 6.07) is 3.78. The molecule has 0 saturated heterocycles. The lowest BCUT2D eigenvalue weighted by atomic mass is 9.81.